The lowest BCUT2D eigenvalue weighted by Crippen LogP contribution is -2.64. The third-order valence-electron chi connectivity index (χ3n) is 13.0. The number of allylic oxidation sites excluding steroid dienone is 4. The van der Waals surface area contributed by atoms with Crippen LogP contribution in [0.25, 0.3) is 0 Å². The van der Waals surface area contributed by atoms with Crippen LogP contribution in [0.2, 0.25) is 0 Å². The van der Waals surface area contributed by atoms with E-state index in [9.17, 15) is 50.4 Å². The minimum atomic E-state index is -1.86. The van der Waals surface area contributed by atoms with Gasteiger partial charge in [-0.2, -0.15) is 0 Å². The molecule has 4 aliphatic carbocycles. The van der Waals surface area contributed by atoms with E-state index in [1.807, 2.05) is 26.8 Å². The smallest absolute Gasteiger partial charge is 0.229 e. The first-order valence-electron chi connectivity index (χ1n) is 16.9. The van der Waals surface area contributed by atoms with Crippen molar-refractivity contribution < 1.29 is 59.9 Å². The number of Topliss-reactive ketones (excluding diaryl/α,β-unsaturated/α-hetero) is 2. The normalized spacial score (nSPS) is 46.2. The number of ether oxygens (including phenoxy) is 2. The van der Waals surface area contributed by atoms with Crippen molar-refractivity contribution in [2.75, 3.05) is 6.61 Å². The van der Waals surface area contributed by atoms with Gasteiger partial charge in [-0.1, -0.05) is 44.6 Å². The maximum atomic E-state index is 14.7. The Balaban J connectivity index is 1.55. The summed E-state index contributed by atoms with van der Waals surface area (Å²) in [5.41, 5.74) is -6.25. The van der Waals surface area contributed by atoms with Crippen LogP contribution in [0.5, 0.6) is 0 Å². The molecule has 270 valence electrons. The zero-order valence-corrected chi connectivity index (χ0v) is 29.1. The zero-order chi connectivity index (χ0) is 36.2. The van der Waals surface area contributed by atoms with Crippen LogP contribution in [0.15, 0.2) is 35.6 Å². The van der Waals surface area contributed by atoms with Crippen molar-refractivity contribution in [2.45, 2.75) is 129 Å². The molecule has 12 heteroatoms. The number of rotatable bonds is 7. The summed E-state index contributed by atoms with van der Waals surface area (Å²) in [6.45, 7) is 13.1. The first kappa shape index (κ1) is 37.3. The van der Waals surface area contributed by atoms with Gasteiger partial charge in [0.05, 0.1) is 29.3 Å². The average molecular weight is 679 g/mol. The van der Waals surface area contributed by atoms with Crippen molar-refractivity contribution in [3.05, 3.63) is 35.6 Å². The summed E-state index contributed by atoms with van der Waals surface area (Å²) >= 11 is 0. The minimum absolute atomic E-state index is 0.0226. The molecule has 0 unspecified atom stereocenters. The van der Waals surface area contributed by atoms with Gasteiger partial charge in [-0.25, -0.2) is 0 Å². The van der Waals surface area contributed by atoms with Gasteiger partial charge < -0.3 is 50.3 Å². The van der Waals surface area contributed by atoms with E-state index in [1.54, 1.807) is 19.9 Å². The molecule has 14 atom stereocenters. The molecule has 48 heavy (non-hydrogen) atoms. The Morgan fingerprint density at radius 2 is 1.62 bits per heavy atom. The molecule has 1 aliphatic heterocycles. The summed E-state index contributed by atoms with van der Waals surface area (Å²) in [7, 11) is 0. The van der Waals surface area contributed by atoms with Crippen LogP contribution in [0.1, 0.15) is 74.7 Å². The zero-order valence-electron chi connectivity index (χ0n) is 29.1. The number of aliphatic hydroxyl groups excluding tert-OH is 6. The number of aliphatic hydroxyl groups is 8. The van der Waals surface area contributed by atoms with Gasteiger partial charge in [0.2, 0.25) is 12.1 Å². The van der Waals surface area contributed by atoms with Crippen molar-refractivity contribution in [3.63, 3.8) is 0 Å². The van der Waals surface area contributed by atoms with Gasteiger partial charge in [0.15, 0.2) is 5.76 Å². The largest absolute Gasteiger partial charge is 0.459 e. The lowest BCUT2D eigenvalue weighted by molar-refractivity contribution is -0.291. The van der Waals surface area contributed by atoms with Gasteiger partial charge in [0.1, 0.15) is 36.3 Å². The Hall–Kier alpha value is -2.00. The number of carbonyl (C=O) groups excluding carboxylic acids is 2. The predicted molar refractivity (Wildman–Crippen MR) is 172 cm³/mol. The summed E-state index contributed by atoms with van der Waals surface area (Å²) in [5.74, 6) is -2.63. The highest BCUT2D eigenvalue weighted by molar-refractivity contribution is 6.02. The first-order chi connectivity index (χ1) is 21.9. The minimum Gasteiger partial charge on any atom is -0.459 e. The van der Waals surface area contributed by atoms with Crippen molar-refractivity contribution in [3.8, 4) is 0 Å². The van der Waals surface area contributed by atoms with Gasteiger partial charge in [-0.15, -0.1) is 0 Å². The van der Waals surface area contributed by atoms with Gasteiger partial charge in [-0.3, -0.25) is 9.59 Å². The highest BCUT2D eigenvalue weighted by Crippen LogP contribution is 2.74. The average Bonchev–Trinajstić information content (AvgIpc) is 3.19. The maximum absolute atomic E-state index is 14.7. The van der Waals surface area contributed by atoms with E-state index in [1.165, 1.54) is 32.9 Å². The number of hydrogen-bond acceptors (Lipinski definition) is 12. The van der Waals surface area contributed by atoms with E-state index in [0.717, 1.165) is 5.57 Å². The van der Waals surface area contributed by atoms with E-state index in [2.05, 4.69) is 0 Å². The van der Waals surface area contributed by atoms with Crippen molar-refractivity contribution >= 4 is 11.6 Å². The Kier molecular flexibility index (Phi) is 9.14. The molecular formula is C36H54O12. The lowest BCUT2D eigenvalue weighted by atomic mass is 9.39. The Morgan fingerprint density at radius 3 is 2.21 bits per heavy atom. The van der Waals surface area contributed by atoms with Crippen LogP contribution in [0, 0.1) is 39.4 Å². The molecule has 0 spiro atoms. The second kappa shape index (κ2) is 11.8. The highest BCUT2D eigenvalue weighted by Gasteiger charge is 2.74. The predicted octanol–water partition coefficient (Wildman–Crippen LogP) is 0.670. The fourth-order valence-corrected chi connectivity index (χ4v) is 10.1. The molecule has 3 fully saturated rings. The third-order valence-corrected chi connectivity index (χ3v) is 13.0. The number of ketones is 2. The molecule has 2 saturated carbocycles. The Morgan fingerprint density at radius 1 is 1.00 bits per heavy atom. The second-order valence-corrected chi connectivity index (χ2v) is 16.9. The van der Waals surface area contributed by atoms with Crippen LogP contribution < -0.4 is 0 Å². The van der Waals surface area contributed by atoms with Crippen LogP contribution in [0.4, 0.5) is 0 Å². The number of fused-ring (bicyclic) bond motifs is 5. The quantitative estimate of drug-likeness (QED) is 0.175. The van der Waals surface area contributed by atoms with E-state index < -0.39 is 100 Å². The molecule has 1 saturated heterocycles. The van der Waals surface area contributed by atoms with Crippen molar-refractivity contribution in [2.24, 2.45) is 39.4 Å². The van der Waals surface area contributed by atoms with Crippen LogP contribution in [0.3, 0.4) is 0 Å². The standard InChI is InChI=1S/C36H54O12/c1-31(2,45)12-11-23(39)36(8,46)28-19(38)14-33(5)22-10-9-17-18(35(22,7)24(40)15-34(28,33)6)13-20(29(44)32(17,3)4)47-30-27(43)26(42)25(41)21(16-37)48-30/h9,11-13,18-19,21-23,25-28,30,37-39,41-43,45-46H,10,14-16H2,1-8H3/b12-11+/t18-,19-,21-,22+,23-,25-,26-,27-,28+,30-,33+,34-,35+,36+/m1/s1. The van der Waals surface area contributed by atoms with Crippen LogP contribution in [-0.2, 0) is 19.1 Å². The van der Waals surface area contributed by atoms with E-state index in [-0.39, 0.29) is 30.3 Å². The maximum Gasteiger partial charge on any atom is 0.229 e. The fourth-order valence-electron chi connectivity index (χ4n) is 10.1. The summed E-state index contributed by atoms with van der Waals surface area (Å²) in [5, 5.41) is 85.7. The molecule has 5 rings (SSSR count). The Bertz CT molecular complexity index is 1410. The second-order valence-electron chi connectivity index (χ2n) is 16.9. The van der Waals surface area contributed by atoms with Gasteiger partial charge in [-0.05, 0) is 70.3 Å². The first-order valence-corrected chi connectivity index (χ1v) is 16.9. The van der Waals surface area contributed by atoms with E-state index in [4.69, 9.17) is 9.47 Å². The summed E-state index contributed by atoms with van der Waals surface area (Å²) < 4.78 is 11.5. The lowest BCUT2D eigenvalue weighted by Gasteiger charge is -2.64. The summed E-state index contributed by atoms with van der Waals surface area (Å²) in [6.07, 6.45) is -3.48. The number of carbonyl (C=O) groups is 2. The molecule has 1 heterocycles. The molecule has 8 N–H and O–H groups in total. The topological polar surface area (TPSA) is 214 Å². The summed E-state index contributed by atoms with van der Waals surface area (Å²) in [4.78, 5) is 28.6. The fraction of sp³-hybridized carbons (Fsp3) is 0.778. The van der Waals surface area contributed by atoms with Crippen molar-refractivity contribution in [1.82, 2.24) is 0 Å². The van der Waals surface area contributed by atoms with Crippen molar-refractivity contribution in [1.29, 1.82) is 0 Å². The van der Waals surface area contributed by atoms with Crippen LogP contribution in [-0.4, -0.2) is 113 Å². The Labute approximate surface area is 281 Å². The molecule has 0 aromatic rings. The monoisotopic (exact) mass is 678 g/mol. The summed E-state index contributed by atoms with van der Waals surface area (Å²) in [6, 6.07) is 0. The molecule has 0 amide bonds. The molecule has 5 aliphatic rings. The SMILES string of the molecule is CC(C)(O)/C=C/[C@@H](O)[C@](C)(O)[C@H]1[C@H](O)C[C@@]2(C)[C@@H]3CC=C4[C@@H](C=C(O[C@@H]5O[C@H](CO)[C@@H](O)[C@@H](O)[C@H]5O)C(=O)C4(C)C)[C@]3(C)C(=O)C[C@]12C. The molecule has 0 radical (unpaired) electrons. The molecule has 12 nitrogen and oxygen atoms in total. The molecule has 0 aromatic carbocycles. The van der Waals surface area contributed by atoms with Gasteiger partial charge in [0.25, 0.3) is 0 Å². The molecular weight excluding hydrogens is 624 g/mol. The molecule has 0 aromatic heterocycles. The molecule has 0 bridgehead atoms. The highest BCUT2D eigenvalue weighted by atomic mass is 16.7. The van der Waals surface area contributed by atoms with E-state index in [0.29, 0.717) is 6.42 Å². The van der Waals surface area contributed by atoms with Crippen LogP contribution >= 0.6 is 0 Å². The third kappa shape index (κ3) is 5.29. The number of hydrogen-bond donors (Lipinski definition) is 8. The van der Waals surface area contributed by atoms with Gasteiger partial charge in [0, 0.05) is 23.7 Å². The van der Waals surface area contributed by atoms with E-state index >= 15 is 0 Å². The van der Waals surface area contributed by atoms with Gasteiger partial charge >= 0.3 is 0 Å².